The van der Waals surface area contributed by atoms with Crippen LogP contribution in [0.25, 0.3) is 17.4 Å². The van der Waals surface area contributed by atoms with Gasteiger partial charge in [0.05, 0.1) is 10.8 Å². The summed E-state index contributed by atoms with van der Waals surface area (Å²) in [5.74, 6) is 0.0429. The number of rotatable bonds is 4. The van der Waals surface area contributed by atoms with Gasteiger partial charge in [-0.15, -0.1) is 0 Å². The first-order valence-electron chi connectivity index (χ1n) is 9.28. The van der Waals surface area contributed by atoms with Crippen molar-refractivity contribution in [1.29, 1.82) is 0 Å². The van der Waals surface area contributed by atoms with Crippen molar-refractivity contribution in [3.63, 3.8) is 0 Å². The molecule has 0 unspecified atom stereocenters. The van der Waals surface area contributed by atoms with Gasteiger partial charge in [-0.05, 0) is 62.1 Å². The van der Waals surface area contributed by atoms with Crippen LogP contribution < -0.4 is 0 Å². The van der Waals surface area contributed by atoms with Gasteiger partial charge in [-0.1, -0.05) is 35.6 Å². The zero-order valence-electron chi connectivity index (χ0n) is 15.3. The number of carboxylic acids is 1. The third-order valence-corrected chi connectivity index (χ3v) is 6.85. The van der Waals surface area contributed by atoms with Gasteiger partial charge in [-0.2, -0.15) is 0 Å². The van der Waals surface area contributed by atoms with Crippen molar-refractivity contribution in [2.75, 3.05) is 0 Å². The number of furan rings is 1. The summed E-state index contributed by atoms with van der Waals surface area (Å²) < 4.78 is 6.38. The Kier molecular flexibility index (Phi) is 5.81. The minimum atomic E-state index is -0.761. The molecule has 0 radical (unpaired) electrons. The van der Waals surface area contributed by atoms with E-state index in [2.05, 4.69) is 0 Å². The van der Waals surface area contributed by atoms with Crippen LogP contribution in [0.4, 0.5) is 0 Å². The molecular weight excluding hydrogens is 430 g/mol. The number of carbonyl (C=O) groups is 2. The molecule has 2 aromatic rings. The quantitative estimate of drug-likeness (QED) is 0.496. The summed E-state index contributed by atoms with van der Waals surface area (Å²) in [6.07, 6.45) is 4.15. The van der Waals surface area contributed by atoms with E-state index in [0.717, 1.165) is 5.56 Å². The minimum absolute atomic E-state index is 0.0368. The molecule has 1 aliphatic heterocycles. The highest BCUT2D eigenvalue weighted by molar-refractivity contribution is 8.26. The van der Waals surface area contributed by atoms with E-state index in [4.69, 9.17) is 33.3 Å². The van der Waals surface area contributed by atoms with Crippen LogP contribution in [0.3, 0.4) is 0 Å². The lowest BCUT2D eigenvalue weighted by Crippen LogP contribution is -2.41. The van der Waals surface area contributed by atoms with Gasteiger partial charge in [0.15, 0.2) is 0 Å². The first kappa shape index (κ1) is 20.2. The highest BCUT2D eigenvalue weighted by Gasteiger charge is 2.39. The monoisotopic (exact) mass is 447 g/mol. The molecule has 0 atom stereocenters. The Bertz CT molecular complexity index is 990. The van der Waals surface area contributed by atoms with Crippen molar-refractivity contribution in [3.8, 4) is 11.3 Å². The fraction of sp³-hybridized carbons (Fsp3) is 0.286. The van der Waals surface area contributed by atoms with Crippen molar-refractivity contribution in [2.24, 2.45) is 5.92 Å². The molecule has 2 heterocycles. The normalized spacial score (nSPS) is 23.8. The molecule has 1 N–H and O–H groups in total. The zero-order valence-corrected chi connectivity index (χ0v) is 17.7. The lowest BCUT2D eigenvalue weighted by molar-refractivity contribution is -0.143. The largest absolute Gasteiger partial charge is 0.481 e. The number of benzene rings is 1. The summed E-state index contributed by atoms with van der Waals surface area (Å²) in [6, 6.07) is 11.0. The molecular formula is C21H18ClNO4S2. The number of carbonyl (C=O) groups excluding carboxylic acids is 1. The van der Waals surface area contributed by atoms with Crippen LogP contribution in [0.15, 0.2) is 45.7 Å². The van der Waals surface area contributed by atoms with Crippen LogP contribution in [0, 0.1) is 5.92 Å². The highest BCUT2D eigenvalue weighted by atomic mass is 35.5. The topological polar surface area (TPSA) is 70.8 Å². The minimum Gasteiger partial charge on any atom is -0.481 e. The van der Waals surface area contributed by atoms with E-state index in [-0.39, 0.29) is 17.9 Å². The molecule has 150 valence electrons. The summed E-state index contributed by atoms with van der Waals surface area (Å²) in [5.41, 5.74) is 0.900. The van der Waals surface area contributed by atoms with E-state index in [0.29, 0.717) is 51.5 Å². The number of aliphatic carboxylic acids is 1. The van der Waals surface area contributed by atoms with Crippen molar-refractivity contribution >= 4 is 57.9 Å². The predicted octanol–water partition coefficient (Wildman–Crippen LogP) is 5.44. The average Bonchev–Trinajstić information content (AvgIpc) is 3.27. The number of hydrogen-bond acceptors (Lipinski definition) is 5. The van der Waals surface area contributed by atoms with Gasteiger partial charge >= 0.3 is 5.97 Å². The van der Waals surface area contributed by atoms with Crippen molar-refractivity contribution < 1.29 is 19.1 Å². The standard InChI is InChI=1S/C21H18ClNO4S2/c22-14-5-1-12(2-6-14)17-10-9-16(27-17)11-18-19(24)23(21(28)29-18)15-7-3-13(4-8-15)20(25)26/h1-2,5-6,9-11,13,15H,3-4,7-8H2,(H,25,26). The number of carboxylic acid groups (broad SMARTS) is 1. The molecule has 1 aromatic carbocycles. The number of nitrogens with zero attached hydrogens (tertiary/aromatic N) is 1. The maximum absolute atomic E-state index is 12.9. The van der Waals surface area contributed by atoms with Gasteiger partial charge in [0.25, 0.3) is 5.91 Å². The maximum Gasteiger partial charge on any atom is 0.306 e. The van der Waals surface area contributed by atoms with Gasteiger partial charge in [0.2, 0.25) is 0 Å². The molecule has 8 heteroatoms. The summed E-state index contributed by atoms with van der Waals surface area (Å²) in [6.45, 7) is 0. The smallest absolute Gasteiger partial charge is 0.306 e. The third kappa shape index (κ3) is 4.27. The lowest BCUT2D eigenvalue weighted by Gasteiger charge is -2.32. The molecule has 4 rings (SSSR count). The van der Waals surface area contributed by atoms with Crippen molar-refractivity contribution in [2.45, 2.75) is 31.7 Å². The second-order valence-corrected chi connectivity index (χ2v) is 9.22. The van der Waals surface area contributed by atoms with E-state index < -0.39 is 5.97 Å². The average molecular weight is 448 g/mol. The summed E-state index contributed by atoms with van der Waals surface area (Å²) in [7, 11) is 0. The third-order valence-electron chi connectivity index (χ3n) is 5.26. The second-order valence-electron chi connectivity index (χ2n) is 7.10. The molecule has 5 nitrogen and oxygen atoms in total. The number of halogens is 1. The van der Waals surface area contributed by atoms with Gasteiger partial charge in [-0.3, -0.25) is 14.5 Å². The fourth-order valence-electron chi connectivity index (χ4n) is 3.70. The lowest BCUT2D eigenvalue weighted by atomic mass is 9.85. The molecule has 1 saturated heterocycles. The predicted molar refractivity (Wildman–Crippen MR) is 118 cm³/mol. The molecule has 0 spiro atoms. The Morgan fingerprint density at radius 3 is 2.52 bits per heavy atom. The molecule has 1 aliphatic carbocycles. The van der Waals surface area contributed by atoms with Gasteiger partial charge in [0.1, 0.15) is 15.8 Å². The molecule has 1 amide bonds. The SMILES string of the molecule is O=C(O)C1CCC(N2C(=O)C(=Cc3ccc(-c4ccc(Cl)cc4)o3)SC2=S)CC1. The van der Waals surface area contributed by atoms with Crippen molar-refractivity contribution in [1.82, 2.24) is 4.90 Å². The van der Waals surface area contributed by atoms with Crippen LogP contribution in [-0.4, -0.2) is 32.2 Å². The molecule has 0 bridgehead atoms. The number of hydrogen-bond donors (Lipinski definition) is 1. The van der Waals surface area contributed by atoms with Gasteiger partial charge in [0, 0.05) is 22.7 Å². The Balaban J connectivity index is 1.48. The molecule has 29 heavy (non-hydrogen) atoms. The number of amides is 1. The van der Waals surface area contributed by atoms with E-state index >= 15 is 0 Å². The Morgan fingerprint density at radius 2 is 1.86 bits per heavy atom. The van der Waals surface area contributed by atoms with Crippen LogP contribution >= 0.6 is 35.6 Å². The van der Waals surface area contributed by atoms with E-state index in [9.17, 15) is 9.59 Å². The van der Waals surface area contributed by atoms with Crippen LogP contribution in [0.5, 0.6) is 0 Å². The van der Waals surface area contributed by atoms with Gasteiger partial charge in [-0.25, -0.2) is 0 Å². The maximum atomic E-state index is 12.9. The molecule has 1 saturated carbocycles. The zero-order chi connectivity index (χ0) is 20.5. The Labute approximate surface area is 182 Å². The summed E-state index contributed by atoms with van der Waals surface area (Å²) >= 11 is 12.6. The molecule has 1 aromatic heterocycles. The summed E-state index contributed by atoms with van der Waals surface area (Å²) in [4.78, 5) is 26.2. The Hall–Kier alpha value is -2.09. The first-order valence-corrected chi connectivity index (χ1v) is 10.9. The highest BCUT2D eigenvalue weighted by Crippen LogP contribution is 2.38. The second kappa shape index (κ2) is 8.34. The van der Waals surface area contributed by atoms with Gasteiger partial charge < -0.3 is 9.52 Å². The van der Waals surface area contributed by atoms with Crippen LogP contribution in [-0.2, 0) is 9.59 Å². The van der Waals surface area contributed by atoms with Crippen LogP contribution in [0.2, 0.25) is 5.02 Å². The Morgan fingerprint density at radius 1 is 1.17 bits per heavy atom. The van der Waals surface area contributed by atoms with E-state index in [1.807, 2.05) is 24.3 Å². The number of thiocarbonyl (C=S) groups is 1. The number of thioether (sulfide) groups is 1. The molecule has 2 aliphatic rings. The van der Waals surface area contributed by atoms with Crippen LogP contribution in [0.1, 0.15) is 31.4 Å². The first-order chi connectivity index (χ1) is 13.9. The summed E-state index contributed by atoms with van der Waals surface area (Å²) in [5, 5.41) is 9.82. The molecule has 2 fully saturated rings. The fourth-order valence-corrected chi connectivity index (χ4v) is 5.21. The van der Waals surface area contributed by atoms with Crippen molar-refractivity contribution in [3.05, 3.63) is 52.1 Å². The van der Waals surface area contributed by atoms with E-state index in [1.54, 1.807) is 23.1 Å². The van der Waals surface area contributed by atoms with E-state index in [1.165, 1.54) is 11.8 Å².